The number of hydrogen-bond acceptors (Lipinski definition) is 5. The third-order valence-electron chi connectivity index (χ3n) is 5.06. The predicted octanol–water partition coefficient (Wildman–Crippen LogP) is 2.79. The van der Waals surface area contributed by atoms with Crippen molar-refractivity contribution in [2.45, 2.75) is 39.2 Å². The molecule has 0 saturated heterocycles. The molecule has 2 aromatic rings. The van der Waals surface area contributed by atoms with E-state index in [0.717, 1.165) is 5.56 Å². The van der Waals surface area contributed by atoms with Crippen LogP contribution in [0.4, 0.5) is 5.69 Å². The minimum absolute atomic E-state index is 0.0637. The standard InChI is InChI=1S/C24H28N2O5/c1-17-7-9-19(10-8-17)11-12-22(27)25-14-16-30-23(28)13-15-26-20-5-3-4-6-21(20)31-18(2)24(26)29/h3-10,18H,11-16H2,1-2H3,(H,25,27). The molecule has 0 saturated carbocycles. The van der Waals surface area contributed by atoms with Crippen molar-refractivity contribution in [3.63, 3.8) is 0 Å². The molecular formula is C24H28N2O5. The molecule has 31 heavy (non-hydrogen) atoms. The van der Waals surface area contributed by atoms with Crippen LogP contribution in [0.3, 0.4) is 0 Å². The van der Waals surface area contributed by atoms with E-state index >= 15 is 0 Å². The Morgan fingerprint density at radius 3 is 2.61 bits per heavy atom. The molecule has 1 aliphatic heterocycles. The van der Waals surface area contributed by atoms with Gasteiger partial charge in [-0.1, -0.05) is 42.0 Å². The lowest BCUT2D eigenvalue weighted by molar-refractivity contribution is -0.143. The summed E-state index contributed by atoms with van der Waals surface area (Å²) >= 11 is 0. The van der Waals surface area contributed by atoms with Crippen molar-refractivity contribution >= 4 is 23.5 Å². The molecule has 0 spiro atoms. The number of ether oxygens (including phenoxy) is 2. The molecule has 0 fully saturated rings. The molecule has 7 heteroatoms. The Morgan fingerprint density at radius 1 is 1.10 bits per heavy atom. The Labute approximate surface area is 182 Å². The maximum Gasteiger partial charge on any atom is 0.307 e. The molecule has 1 aliphatic rings. The van der Waals surface area contributed by atoms with Gasteiger partial charge in [-0.3, -0.25) is 14.4 Å². The van der Waals surface area contributed by atoms with Crippen molar-refractivity contribution in [2.24, 2.45) is 0 Å². The Kier molecular flexibility index (Phi) is 7.65. The number of nitrogens with zero attached hydrogens (tertiary/aromatic N) is 1. The van der Waals surface area contributed by atoms with Gasteiger partial charge in [0.25, 0.3) is 5.91 Å². The van der Waals surface area contributed by atoms with Gasteiger partial charge in [-0.2, -0.15) is 0 Å². The molecular weight excluding hydrogens is 396 g/mol. The van der Waals surface area contributed by atoms with Crippen LogP contribution in [-0.2, 0) is 25.5 Å². The summed E-state index contributed by atoms with van der Waals surface area (Å²) < 4.78 is 10.8. The van der Waals surface area contributed by atoms with E-state index in [9.17, 15) is 14.4 Å². The lowest BCUT2D eigenvalue weighted by Gasteiger charge is -2.32. The maximum atomic E-state index is 12.4. The molecule has 164 valence electrons. The maximum absolute atomic E-state index is 12.4. The summed E-state index contributed by atoms with van der Waals surface area (Å²) in [5, 5.41) is 2.75. The van der Waals surface area contributed by atoms with Crippen LogP contribution in [0.1, 0.15) is 30.9 Å². The van der Waals surface area contributed by atoms with Gasteiger partial charge in [0.1, 0.15) is 12.4 Å². The van der Waals surface area contributed by atoms with Gasteiger partial charge in [0.2, 0.25) is 5.91 Å². The van der Waals surface area contributed by atoms with Crippen LogP contribution < -0.4 is 15.0 Å². The number of amides is 2. The highest BCUT2D eigenvalue weighted by Gasteiger charge is 2.31. The normalized spacial score (nSPS) is 15.1. The fourth-order valence-electron chi connectivity index (χ4n) is 3.32. The van der Waals surface area contributed by atoms with Gasteiger partial charge in [-0.05, 0) is 38.0 Å². The van der Waals surface area contributed by atoms with Crippen molar-refractivity contribution in [1.29, 1.82) is 0 Å². The molecule has 0 bridgehead atoms. The zero-order chi connectivity index (χ0) is 22.2. The number of hydrogen-bond donors (Lipinski definition) is 1. The average molecular weight is 424 g/mol. The van der Waals surface area contributed by atoms with Crippen molar-refractivity contribution in [2.75, 3.05) is 24.6 Å². The fourth-order valence-corrected chi connectivity index (χ4v) is 3.32. The van der Waals surface area contributed by atoms with E-state index in [1.165, 1.54) is 5.56 Å². The number of aryl methyl sites for hydroxylation is 2. The summed E-state index contributed by atoms with van der Waals surface area (Å²) in [5.74, 6) is -0.0666. The van der Waals surface area contributed by atoms with Crippen LogP contribution in [0.5, 0.6) is 5.75 Å². The minimum Gasteiger partial charge on any atom is -0.479 e. The summed E-state index contributed by atoms with van der Waals surface area (Å²) in [5.41, 5.74) is 2.95. The number of carbonyl (C=O) groups excluding carboxylic acids is 3. The van der Waals surface area contributed by atoms with E-state index in [2.05, 4.69) is 5.32 Å². The number of anilines is 1. The van der Waals surface area contributed by atoms with E-state index in [0.29, 0.717) is 24.3 Å². The van der Waals surface area contributed by atoms with Crippen LogP contribution in [0, 0.1) is 6.92 Å². The Bertz CT molecular complexity index is 926. The Balaban J connectivity index is 1.34. The van der Waals surface area contributed by atoms with Crippen LogP contribution in [0.2, 0.25) is 0 Å². The summed E-state index contributed by atoms with van der Waals surface area (Å²) in [6.07, 6.45) is 0.516. The summed E-state index contributed by atoms with van der Waals surface area (Å²) in [4.78, 5) is 38.0. The predicted molar refractivity (Wildman–Crippen MR) is 117 cm³/mol. The van der Waals surface area contributed by atoms with Gasteiger partial charge < -0.3 is 19.7 Å². The molecule has 1 N–H and O–H groups in total. The largest absolute Gasteiger partial charge is 0.479 e. The highest BCUT2D eigenvalue weighted by molar-refractivity contribution is 6.00. The quantitative estimate of drug-likeness (QED) is 0.494. The molecule has 1 unspecified atom stereocenters. The first-order valence-corrected chi connectivity index (χ1v) is 10.5. The Hall–Kier alpha value is -3.35. The second-order valence-corrected chi connectivity index (χ2v) is 7.52. The SMILES string of the molecule is Cc1ccc(CCC(=O)NCCOC(=O)CCN2C(=O)C(C)Oc3ccccc32)cc1. The monoisotopic (exact) mass is 424 g/mol. The van der Waals surface area contributed by atoms with E-state index in [4.69, 9.17) is 9.47 Å². The number of fused-ring (bicyclic) bond motifs is 1. The fraction of sp³-hybridized carbons (Fsp3) is 0.375. The first-order valence-electron chi connectivity index (χ1n) is 10.5. The van der Waals surface area contributed by atoms with E-state index < -0.39 is 12.1 Å². The van der Waals surface area contributed by atoms with E-state index in [-0.39, 0.29) is 37.9 Å². The molecule has 0 aromatic heterocycles. The van der Waals surface area contributed by atoms with E-state index in [1.54, 1.807) is 24.0 Å². The molecule has 2 amide bonds. The van der Waals surface area contributed by atoms with Gasteiger partial charge >= 0.3 is 5.97 Å². The van der Waals surface area contributed by atoms with Gasteiger partial charge in [-0.25, -0.2) is 0 Å². The lowest BCUT2D eigenvalue weighted by Crippen LogP contribution is -2.45. The third kappa shape index (κ3) is 6.31. The topological polar surface area (TPSA) is 84.9 Å². The van der Waals surface area contributed by atoms with Crippen LogP contribution >= 0.6 is 0 Å². The van der Waals surface area contributed by atoms with Gasteiger partial charge in [0.15, 0.2) is 6.10 Å². The minimum atomic E-state index is -0.596. The van der Waals surface area contributed by atoms with E-state index in [1.807, 2.05) is 43.3 Å². The van der Waals surface area contributed by atoms with Crippen molar-refractivity contribution in [3.8, 4) is 5.75 Å². The van der Waals surface area contributed by atoms with Crippen LogP contribution in [-0.4, -0.2) is 43.6 Å². The highest BCUT2D eigenvalue weighted by Crippen LogP contribution is 2.33. The molecule has 3 rings (SSSR count). The zero-order valence-corrected chi connectivity index (χ0v) is 17.9. The molecule has 1 atom stereocenters. The van der Waals surface area contributed by atoms with Crippen LogP contribution in [0.15, 0.2) is 48.5 Å². The van der Waals surface area contributed by atoms with Crippen molar-refractivity contribution in [3.05, 3.63) is 59.7 Å². The van der Waals surface area contributed by atoms with Crippen molar-refractivity contribution in [1.82, 2.24) is 5.32 Å². The summed E-state index contributed by atoms with van der Waals surface area (Å²) in [7, 11) is 0. The number of nitrogens with one attached hydrogen (secondary N) is 1. The third-order valence-corrected chi connectivity index (χ3v) is 5.06. The molecule has 0 aliphatic carbocycles. The van der Waals surface area contributed by atoms with Crippen molar-refractivity contribution < 1.29 is 23.9 Å². The average Bonchev–Trinajstić information content (AvgIpc) is 2.76. The number of esters is 1. The number of para-hydroxylation sites is 2. The number of benzene rings is 2. The zero-order valence-electron chi connectivity index (χ0n) is 17.9. The molecule has 0 radical (unpaired) electrons. The smallest absolute Gasteiger partial charge is 0.307 e. The second-order valence-electron chi connectivity index (χ2n) is 7.52. The highest BCUT2D eigenvalue weighted by atomic mass is 16.5. The molecule has 2 aromatic carbocycles. The molecule has 1 heterocycles. The molecule has 7 nitrogen and oxygen atoms in total. The summed E-state index contributed by atoms with van der Waals surface area (Å²) in [6.45, 7) is 4.28. The van der Waals surface area contributed by atoms with Gasteiger partial charge in [0, 0.05) is 13.0 Å². The van der Waals surface area contributed by atoms with Gasteiger partial charge in [0.05, 0.1) is 18.7 Å². The first kappa shape index (κ1) is 22.3. The van der Waals surface area contributed by atoms with Gasteiger partial charge in [-0.15, -0.1) is 0 Å². The van der Waals surface area contributed by atoms with Crippen LogP contribution in [0.25, 0.3) is 0 Å². The Morgan fingerprint density at radius 2 is 1.84 bits per heavy atom. The summed E-state index contributed by atoms with van der Waals surface area (Å²) in [6, 6.07) is 15.3. The second kappa shape index (κ2) is 10.6. The first-order chi connectivity index (χ1) is 14.9. The number of rotatable bonds is 9. The number of carbonyl (C=O) groups is 3. The lowest BCUT2D eigenvalue weighted by atomic mass is 10.1.